The lowest BCUT2D eigenvalue weighted by molar-refractivity contribution is -0.385. The van der Waals surface area contributed by atoms with Crippen LogP contribution >= 0.6 is 24.0 Å². The number of rotatable bonds is 8. The first-order valence-electron chi connectivity index (χ1n) is 8.94. The number of halogens is 1. The number of nitro benzene ring substituents is 1. The van der Waals surface area contributed by atoms with Gasteiger partial charge in [-0.1, -0.05) is 35.9 Å². The Morgan fingerprint density at radius 1 is 1.17 bits per heavy atom. The Bertz CT molecular complexity index is 981. The highest BCUT2D eigenvalue weighted by Crippen LogP contribution is 2.16. The third-order valence-corrected chi connectivity index (χ3v) is 5.61. The molecule has 0 aromatic heterocycles. The highest BCUT2D eigenvalue weighted by molar-refractivity contribution is 14.0. The molecule has 11 heteroatoms. The molecule has 0 unspecified atom stereocenters. The topological polar surface area (TPSA) is 117 Å². The molecule has 0 atom stereocenters. The summed E-state index contributed by atoms with van der Waals surface area (Å²) in [7, 11) is -0.296. The molecule has 0 aliphatic carbocycles. The Labute approximate surface area is 193 Å². The van der Waals surface area contributed by atoms with Crippen molar-refractivity contribution in [3.63, 3.8) is 0 Å². The lowest BCUT2D eigenvalue weighted by Crippen LogP contribution is -2.42. The summed E-state index contributed by atoms with van der Waals surface area (Å²) in [4.78, 5) is 16.2. The Morgan fingerprint density at radius 2 is 1.83 bits per heavy atom. The number of guanidine groups is 1. The third kappa shape index (κ3) is 7.54. The second-order valence-corrected chi connectivity index (χ2v) is 8.23. The van der Waals surface area contributed by atoms with E-state index in [1.165, 1.54) is 23.8 Å². The standard InChI is InChI=1S/C19H25N5O4S.HI/c1-15-7-9-16(10-8-15)14-23(3)19(20-2)21-11-12-22-29(27,28)18-6-4-5-17(13-18)24(25)26;/h4-10,13,22H,11-12,14H2,1-3H3,(H,20,21);1H. The van der Waals surface area contributed by atoms with Crippen LogP contribution in [0.3, 0.4) is 0 Å². The molecule has 0 heterocycles. The molecule has 0 radical (unpaired) electrons. The highest BCUT2D eigenvalue weighted by atomic mass is 127. The first kappa shape index (κ1) is 25.8. The van der Waals surface area contributed by atoms with Gasteiger partial charge in [0.15, 0.2) is 5.96 Å². The molecule has 30 heavy (non-hydrogen) atoms. The van der Waals surface area contributed by atoms with Crippen LogP contribution in [0.5, 0.6) is 0 Å². The number of sulfonamides is 1. The van der Waals surface area contributed by atoms with Gasteiger partial charge in [0.05, 0.1) is 9.82 Å². The van der Waals surface area contributed by atoms with Crippen LogP contribution in [0.25, 0.3) is 0 Å². The number of hydrogen-bond donors (Lipinski definition) is 2. The minimum Gasteiger partial charge on any atom is -0.355 e. The van der Waals surface area contributed by atoms with Gasteiger partial charge in [0.1, 0.15) is 0 Å². The molecule has 2 aromatic rings. The second kappa shape index (κ2) is 11.8. The molecule has 0 aliphatic heterocycles. The second-order valence-electron chi connectivity index (χ2n) is 6.47. The number of non-ortho nitro benzene ring substituents is 1. The van der Waals surface area contributed by atoms with Crippen molar-refractivity contribution in [3.05, 3.63) is 69.8 Å². The third-order valence-electron chi connectivity index (χ3n) is 4.15. The number of aliphatic imine (C=N–C) groups is 1. The number of nitrogens with zero attached hydrogens (tertiary/aromatic N) is 3. The van der Waals surface area contributed by atoms with E-state index in [0.717, 1.165) is 11.6 Å². The fourth-order valence-corrected chi connectivity index (χ4v) is 3.71. The smallest absolute Gasteiger partial charge is 0.270 e. The van der Waals surface area contributed by atoms with Crippen molar-refractivity contribution in [2.24, 2.45) is 4.99 Å². The largest absolute Gasteiger partial charge is 0.355 e. The van der Waals surface area contributed by atoms with Crippen molar-refractivity contribution >= 4 is 45.6 Å². The lowest BCUT2D eigenvalue weighted by atomic mass is 10.1. The zero-order valence-electron chi connectivity index (χ0n) is 17.0. The summed E-state index contributed by atoms with van der Waals surface area (Å²) in [6.07, 6.45) is 0. The SMILES string of the molecule is CN=C(NCCNS(=O)(=O)c1cccc([N+](=O)[O-])c1)N(C)Cc1ccc(C)cc1.I. The van der Waals surface area contributed by atoms with Gasteiger partial charge in [0.25, 0.3) is 5.69 Å². The van der Waals surface area contributed by atoms with E-state index in [-0.39, 0.29) is 41.1 Å². The quantitative estimate of drug-likeness (QED) is 0.131. The van der Waals surface area contributed by atoms with E-state index >= 15 is 0 Å². The van der Waals surface area contributed by atoms with Gasteiger partial charge in [-0.15, -0.1) is 24.0 Å². The molecule has 164 valence electrons. The number of nitro groups is 1. The van der Waals surface area contributed by atoms with Crippen molar-refractivity contribution in [1.82, 2.24) is 14.9 Å². The van der Waals surface area contributed by atoms with Gasteiger partial charge in [-0.3, -0.25) is 15.1 Å². The molecule has 0 fully saturated rings. The van der Waals surface area contributed by atoms with Crippen LogP contribution in [-0.2, 0) is 16.6 Å². The van der Waals surface area contributed by atoms with Crippen molar-refractivity contribution in [1.29, 1.82) is 0 Å². The Morgan fingerprint density at radius 3 is 2.43 bits per heavy atom. The first-order chi connectivity index (χ1) is 13.7. The number of nitrogens with one attached hydrogen (secondary N) is 2. The summed E-state index contributed by atoms with van der Waals surface area (Å²) in [5.41, 5.74) is 2.05. The van der Waals surface area contributed by atoms with Gasteiger partial charge >= 0.3 is 0 Å². The van der Waals surface area contributed by atoms with E-state index in [9.17, 15) is 18.5 Å². The summed E-state index contributed by atoms with van der Waals surface area (Å²) >= 11 is 0. The fourth-order valence-electron chi connectivity index (χ4n) is 2.63. The predicted molar refractivity (Wildman–Crippen MR) is 128 cm³/mol. The zero-order chi connectivity index (χ0) is 21.4. The molecule has 0 aliphatic rings. The van der Waals surface area contributed by atoms with E-state index in [2.05, 4.69) is 15.0 Å². The van der Waals surface area contributed by atoms with Crippen molar-refractivity contribution in [2.45, 2.75) is 18.4 Å². The van der Waals surface area contributed by atoms with E-state index in [4.69, 9.17) is 0 Å². The minimum absolute atomic E-state index is 0. The normalized spacial score (nSPS) is 11.5. The molecular formula is C19H26IN5O4S. The maximum absolute atomic E-state index is 12.3. The molecule has 2 N–H and O–H groups in total. The average molecular weight is 547 g/mol. The number of hydrogen-bond acceptors (Lipinski definition) is 5. The predicted octanol–water partition coefficient (Wildman–Crippen LogP) is 2.51. The highest BCUT2D eigenvalue weighted by Gasteiger charge is 2.17. The van der Waals surface area contributed by atoms with Crippen molar-refractivity contribution in [3.8, 4) is 0 Å². The van der Waals surface area contributed by atoms with Crippen LogP contribution in [0.15, 0.2) is 58.4 Å². The van der Waals surface area contributed by atoms with Crippen molar-refractivity contribution < 1.29 is 13.3 Å². The lowest BCUT2D eigenvalue weighted by Gasteiger charge is -2.22. The summed E-state index contributed by atoms with van der Waals surface area (Å²) in [6, 6.07) is 13.1. The number of aryl methyl sites for hydroxylation is 1. The van der Waals surface area contributed by atoms with Gasteiger partial charge < -0.3 is 10.2 Å². The molecule has 0 saturated heterocycles. The Balaban J connectivity index is 0.00000450. The average Bonchev–Trinajstić information content (AvgIpc) is 2.69. The summed E-state index contributed by atoms with van der Waals surface area (Å²) in [6.45, 7) is 3.09. The van der Waals surface area contributed by atoms with Gasteiger partial charge in [-0.05, 0) is 18.6 Å². The molecule has 0 bridgehead atoms. The van der Waals surface area contributed by atoms with Crippen LogP contribution < -0.4 is 10.0 Å². The molecule has 0 saturated carbocycles. The minimum atomic E-state index is -3.84. The zero-order valence-corrected chi connectivity index (χ0v) is 20.2. The van der Waals surface area contributed by atoms with Crippen LogP contribution in [0.1, 0.15) is 11.1 Å². The van der Waals surface area contributed by atoms with Gasteiger partial charge in [0.2, 0.25) is 10.0 Å². The molecule has 0 spiro atoms. The maximum Gasteiger partial charge on any atom is 0.270 e. The van der Waals surface area contributed by atoms with Gasteiger partial charge in [0, 0.05) is 45.9 Å². The fraction of sp³-hybridized carbons (Fsp3) is 0.316. The number of benzene rings is 2. The van der Waals surface area contributed by atoms with E-state index in [1.807, 2.05) is 43.1 Å². The molecule has 2 rings (SSSR count). The van der Waals surface area contributed by atoms with E-state index in [1.54, 1.807) is 7.05 Å². The Kier molecular flexibility index (Phi) is 10.2. The maximum atomic E-state index is 12.3. The first-order valence-corrected chi connectivity index (χ1v) is 10.4. The van der Waals surface area contributed by atoms with E-state index < -0.39 is 14.9 Å². The van der Waals surface area contributed by atoms with Crippen molar-refractivity contribution in [2.75, 3.05) is 27.2 Å². The molecular weight excluding hydrogens is 521 g/mol. The van der Waals surface area contributed by atoms with E-state index in [0.29, 0.717) is 19.0 Å². The van der Waals surface area contributed by atoms with Gasteiger partial charge in [-0.25, -0.2) is 13.1 Å². The van der Waals surface area contributed by atoms with Crippen LogP contribution in [0.2, 0.25) is 0 Å². The Hall–Kier alpha value is -2.25. The monoisotopic (exact) mass is 547 g/mol. The summed E-state index contributed by atoms with van der Waals surface area (Å²) in [5.74, 6) is 0.625. The molecule has 0 amide bonds. The van der Waals surface area contributed by atoms with Crippen LogP contribution in [0.4, 0.5) is 5.69 Å². The summed E-state index contributed by atoms with van der Waals surface area (Å²) < 4.78 is 27.1. The van der Waals surface area contributed by atoms with Crippen LogP contribution in [-0.4, -0.2) is 51.4 Å². The molecule has 9 nitrogen and oxygen atoms in total. The van der Waals surface area contributed by atoms with Gasteiger partial charge in [-0.2, -0.15) is 0 Å². The summed E-state index contributed by atoms with van der Waals surface area (Å²) in [5, 5.41) is 13.9. The van der Waals surface area contributed by atoms with Crippen LogP contribution in [0, 0.1) is 17.0 Å². The molecule has 2 aromatic carbocycles.